The molecule has 1 aromatic carbocycles. The Morgan fingerprint density at radius 1 is 0.826 bits per heavy atom. The molecular weight excluding hydrogens is 341 g/mol. The van der Waals surface area contributed by atoms with Crippen LogP contribution in [0, 0.1) is 11.3 Å². The van der Waals surface area contributed by atoms with E-state index in [0.29, 0.717) is 0 Å². The second-order valence-corrected chi connectivity index (χ2v) is 4.65. The Hall–Kier alpha value is -1.92. The first-order valence-electron chi connectivity index (χ1n) is 5.92. The van der Waals surface area contributed by atoms with Crippen LogP contribution >= 0.6 is 0 Å². The number of rotatable bonds is 5. The van der Waals surface area contributed by atoms with Gasteiger partial charge in [0.2, 0.25) is 0 Å². The summed E-state index contributed by atoms with van der Waals surface area (Å²) in [6.45, 7) is 0. The third-order valence-electron chi connectivity index (χ3n) is 3.03. The van der Waals surface area contributed by atoms with E-state index in [9.17, 15) is 39.5 Å². The van der Waals surface area contributed by atoms with Crippen LogP contribution in [0.25, 0.3) is 0 Å². The van der Waals surface area contributed by atoms with Gasteiger partial charge in [-0.3, -0.25) is 0 Å². The fourth-order valence-electron chi connectivity index (χ4n) is 1.72. The maximum Gasteiger partial charge on any atom is 0.460 e. The molecule has 1 aromatic rings. The summed E-state index contributed by atoms with van der Waals surface area (Å²) in [7, 11) is 0. The smallest absolute Gasteiger partial charge is 0.200 e. The summed E-state index contributed by atoms with van der Waals surface area (Å²) in [4.78, 5) is 0. The van der Waals surface area contributed by atoms with Gasteiger partial charge in [-0.25, -0.2) is 0 Å². The molecule has 1 rings (SSSR count). The normalized spacial score (nSPS) is 15.1. The lowest BCUT2D eigenvalue weighted by Gasteiger charge is -2.34. The molecule has 0 radical (unpaired) electrons. The average Bonchev–Trinajstić information content (AvgIpc) is 2.44. The molecule has 0 aliphatic rings. The lowest BCUT2D eigenvalue weighted by molar-refractivity contribution is -0.396. The Bertz CT molecular complexity index is 571. The van der Waals surface area contributed by atoms with Crippen molar-refractivity contribution < 1.29 is 39.5 Å². The van der Waals surface area contributed by atoms with Gasteiger partial charge in [-0.2, -0.15) is 44.8 Å². The van der Waals surface area contributed by atoms with Crippen molar-refractivity contribution in [1.29, 1.82) is 5.26 Å². The molecule has 10 heteroatoms. The Labute approximate surface area is 124 Å². The summed E-state index contributed by atoms with van der Waals surface area (Å²) in [5.74, 6) is -21.4. The van der Waals surface area contributed by atoms with Crippen molar-refractivity contribution in [2.45, 2.75) is 36.3 Å². The highest BCUT2D eigenvalue weighted by Crippen LogP contribution is 2.55. The SMILES string of the molecule is N#C[C@H](CC(F)(F)C(F)(F)C(F)(F)C(F)(F)F)c1ccccc1. The molecule has 1 nitrogen and oxygen atoms in total. The zero-order valence-electron chi connectivity index (χ0n) is 11.0. The summed E-state index contributed by atoms with van der Waals surface area (Å²) in [6.07, 6.45) is -9.05. The van der Waals surface area contributed by atoms with Crippen LogP contribution < -0.4 is 0 Å². The molecule has 0 heterocycles. The number of nitrogens with zero attached hydrogens (tertiary/aromatic N) is 1. The average molecular weight is 349 g/mol. The van der Waals surface area contributed by atoms with Crippen molar-refractivity contribution in [3.63, 3.8) is 0 Å². The molecule has 0 amide bonds. The standard InChI is InChI=1S/C13H8F9N/c14-10(15,11(16,17)12(18,19)13(20,21)22)6-9(7-23)8-4-2-1-3-5-8/h1-5,9H,6H2/t9-/m0/s1. The summed E-state index contributed by atoms with van der Waals surface area (Å²) < 4.78 is 115. The Morgan fingerprint density at radius 2 is 1.30 bits per heavy atom. The maximum absolute atomic E-state index is 13.5. The van der Waals surface area contributed by atoms with Crippen LogP contribution in [0.2, 0.25) is 0 Å². The van der Waals surface area contributed by atoms with Crippen LogP contribution in [-0.2, 0) is 0 Å². The molecule has 0 saturated carbocycles. The molecule has 0 bridgehead atoms. The van der Waals surface area contributed by atoms with Crippen molar-refractivity contribution in [2.75, 3.05) is 0 Å². The second kappa shape index (κ2) is 5.94. The molecule has 1 atom stereocenters. The van der Waals surface area contributed by atoms with E-state index in [1.807, 2.05) is 0 Å². The predicted octanol–water partition coefficient (Wildman–Crippen LogP) is 5.15. The predicted molar refractivity (Wildman–Crippen MR) is 60.3 cm³/mol. The van der Waals surface area contributed by atoms with Crippen molar-refractivity contribution in [3.05, 3.63) is 35.9 Å². The minimum Gasteiger partial charge on any atom is -0.200 e. The van der Waals surface area contributed by atoms with E-state index in [4.69, 9.17) is 5.26 Å². The van der Waals surface area contributed by atoms with Gasteiger partial charge < -0.3 is 0 Å². The van der Waals surface area contributed by atoms with Gasteiger partial charge >= 0.3 is 23.9 Å². The maximum atomic E-state index is 13.5. The van der Waals surface area contributed by atoms with Crippen molar-refractivity contribution in [1.82, 2.24) is 0 Å². The number of benzene rings is 1. The molecule has 23 heavy (non-hydrogen) atoms. The van der Waals surface area contributed by atoms with E-state index in [0.717, 1.165) is 12.1 Å². The van der Waals surface area contributed by atoms with E-state index in [2.05, 4.69) is 0 Å². The van der Waals surface area contributed by atoms with E-state index < -0.39 is 36.3 Å². The van der Waals surface area contributed by atoms with Crippen LogP contribution in [0.4, 0.5) is 39.5 Å². The molecule has 0 aliphatic carbocycles. The Balaban J connectivity index is 3.17. The first kappa shape index (κ1) is 19.1. The number of nitriles is 1. The number of alkyl halides is 9. The molecule has 0 fully saturated rings. The van der Waals surface area contributed by atoms with Crippen LogP contribution in [0.15, 0.2) is 30.3 Å². The van der Waals surface area contributed by atoms with Gasteiger partial charge in [0, 0.05) is 6.42 Å². The van der Waals surface area contributed by atoms with Gasteiger partial charge in [-0.1, -0.05) is 30.3 Å². The fourth-order valence-corrected chi connectivity index (χ4v) is 1.72. The number of halogens is 9. The van der Waals surface area contributed by atoms with Crippen LogP contribution in [0.1, 0.15) is 17.9 Å². The number of hydrogen-bond donors (Lipinski definition) is 0. The molecule has 0 N–H and O–H groups in total. The minimum atomic E-state index is -6.94. The van der Waals surface area contributed by atoms with E-state index in [1.54, 1.807) is 0 Å². The first-order valence-corrected chi connectivity index (χ1v) is 5.92. The van der Waals surface area contributed by atoms with Gasteiger partial charge in [-0.15, -0.1) is 0 Å². The lowest BCUT2D eigenvalue weighted by Crippen LogP contribution is -2.61. The number of hydrogen-bond acceptors (Lipinski definition) is 1. The highest BCUT2D eigenvalue weighted by atomic mass is 19.4. The largest absolute Gasteiger partial charge is 0.460 e. The molecule has 0 spiro atoms. The summed E-state index contributed by atoms with van der Waals surface area (Å²) >= 11 is 0. The van der Waals surface area contributed by atoms with Crippen LogP contribution in [0.3, 0.4) is 0 Å². The van der Waals surface area contributed by atoms with Gasteiger partial charge in [0.1, 0.15) is 0 Å². The van der Waals surface area contributed by atoms with Crippen LogP contribution in [0.5, 0.6) is 0 Å². The molecule has 0 aromatic heterocycles. The van der Waals surface area contributed by atoms with E-state index in [1.165, 1.54) is 24.3 Å². The quantitative estimate of drug-likeness (QED) is 0.675. The monoisotopic (exact) mass is 349 g/mol. The molecular formula is C13H8F9N. The minimum absolute atomic E-state index is 0.208. The third-order valence-corrected chi connectivity index (χ3v) is 3.03. The lowest BCUT2D eigenvalue weighted by atomic mass is 9.89. The molecule has 128 valence electrons. The molecule has 0 saturated heterocycles. The van der Waals surface area contributed by atoms with Crippen LogP contribution in [-0.4, -0.2) is 23.9 Å². The first-order chi connectivity index (χ1) is 10.3. The fraction of sp³-hybridized carbons (Fsp3) is 0.462. The highest BCUT2D eigenvalue weighted by molar-refractivity contribution is 5.25. The van der Waals surface area contributed by atoms with Gasteiger partial charge in [0.25, 0.3) is 0 Å². The zero-order chi connectivity index (χ0) is 18.1. The molecule has 0 aliphatic heterocycles. The Morgan fingerprint density at radius 3 is 1.70 bits per heavy atom. The van der Waals surface area contributed by atoms with Gasteiger partial charge in [0.15, 0.2) is 0 Å². The topological polar surface area (TPSA) is 23.8 Å². The molecule has 0 unspecified atom stereocenters. The van der Waals surface area contributed by atoms with E-state index >= 15 is 0 Å². The third kappa shape index (κ3) is 3.38. The van der Waals surface area contributed by atoms with E-state index in [-0.39, 0.29) is 5.56 Å². The summed E-state index contributed by atoms with van der Waals surface area (Å²) in [5.41, 5.74) is -0.208. The summed E-state index contributed by atoms with van der Waals surface area (Å²) in [5, 5.41) is 8.73. The van der Waals surface area contributed by atoms with Crippen molar-refractivity contribution in [3.8, 4) is 6.07 Å². The highest BCUT2D eigenvalue weighted by Gasteiger charge is 2.81. The van der Waals surface area contributed by atoms with Crippen molar-refractivity contribution in [2.24, 2.45) is 0 Å². The Kier molecular flexibility index (Phi) is 4.94. The van der Waals surface area contributed by atoms with Gasteiger partial charge in [0.05, 0.1) is 12.0 Å². The summed E-state index contributed by atoms with van der Waals surface area (Å²) in [6, 6.07) is 7.31. The second-order valence-electron chi connectivity index (χ2n) is 4.65. The van der Waals surface area contributed by atoms with Crippen molar-refractivity contribution >= 4 is 0 Å². The van der Waals surface area contributed by atoms with Gasteiger partial charge in [-0.05, 0) is 5.56 Å². The zero-order valence-corrected chi connectivity index (χ0v) is 11.0.